The lowest BCUT2D eigenvalue weighted by Crippen LogP contribution is -2.58. The largest absolute Gasteiger partial charge is 0.368 e. The summed E-state index contributed by atoms with van der Waals surface area (Å²) in [6.07, 6.45) is 8.21. The van der Waals surface area contributed by atoms with Gasteiger partial charge in [0.1, 0.15) is 5.54 Å². The first-order valence-electron chi connectivity index (χ1n) is 8.48. The standard InChI is InChI=1S/C18H23N5O2/c19-16(24)18(8-4-5-9-18)22-17(25)21-15(12-23-11-10-20-13-23)14-6-2-1-3-7-14/h1-3,6-7,10-11,13,15H,4-5,8-9,12H2,(H2,19,24)(H2,21,22,25). The maximum absolute atomic E-state index is 12.6. The van der Waals surface area contributed by atoms with Crippen molar-refractivity contribution in [2.45, 2.75) is 43.8 Å². The van der Waals surface area contributed by atoms with Gasteiger partial charge in [-0.15, -0.1) is 0 Å². The molecule has 1 fully saturated rings. The van der Waals surface area contributed by atoms with Gasteiger partial charge in [0.2, 0.25) is 5.91 Å². The van der Waals surface area contributed by atoms with Gasteiger partial charge in [-0.05, 0) is 18.4 Å². The summed E-state index contributed by atoms with van der Waals surface area (Å²) in [4.78, 5) is 28.4. The Morgan fingerprint density at radius 2 is 1.96 bits per heavy atom. The van der Waals surface area contributed by atoms with Crippen LogP contribution in [-0.2, 0) is 11.3 Å². The van der Waals surface area contributed by atoms with Crippen molar-refractivity contribution in [2.75, 3.05) is 0 Å². The van der Waals surface area contributed by atoms with Gasteiger partial charge in [-0.2, -0.15) is 0 Å². The fourth-order valence-corrected chi connectivity index (χ4v) is 3.35. The van der Waals surface area contributed by atoms with E-state index in [1.54, 1.807) is 12.5 Å². The van der Waals surface area contributed by atoms with Crippen molar-refractivity contribution in [2.24, 2.45) is 5.73 Å². The molecule has 1 saturated carbocycles. The molecular weight excluding hydrogens is 318 g/mol. The quantitative estimate of drug-likeness (QED) is 0.745. The highest BCUT2D eigenvalue weighted by atomic mass is 16.2. The monoisotopic (exact) mass is 341 g/mol. The van der Waals surface area contributed by atoms with E-state index in [0.29, 0.717) is 19.4 Å². The fraction of sp³-hybridized carbons (Fsp3) is 0.389. The first-order chi connectivity index (χ1) is 12.1. The molecule has 1 aliphatic rings. The van der Waals surface area contributed by atoms with Crippen LogP contribution in [0.4, 0.5) is 4.79 Å². The number of hydrogen-bond acceptors (Lipinski definition) is 3. The highest BCUT2D eigenvalue weighted by molar-refractivity contribution is 5.90. The number of imidazole rings is 1. The normalized spacial score (nSPS) is 17.0. The van der Waals surface area contributed by atoms with Gasteiger partial charge >= 0.3 is 6.03 Å². The van der Waals surface area contributed by atoms with Crippen LogP contribution in [0.3, 0.4) is 0 Å². The second-order valence-corrected chi connectivity index (χ2v) is 6.47. The predicted molar refractivity (Wildman–Crippen MR) is 93.5 cm³/mol. The molecule has 3 rings (SSSR count). The van der Waals surface area contributed by atoms with Crippen LogP contribution in [0.2, 0.25) is 0 Å². The van der Waals surface area contributed by atoms with Crippen LogP contribution in [-0.4, -0.2) is 27.0 Å². The number of amides is 3. The lowest BCUT2D eigenvalue weighted by molar-refractivity contribution is -0.123. The lowest BCUT2D eigenvalue weighted by Gasteiger charge is -2.28. The molecule has 7 nitrogen and oxygen atoms in total. The average molecular weight is 341 g/mol. The summed E-state index contributed by atoms with van der Waals surface area (Å²) in [6.45, 7) is 0.543. The van der Waals surface area contributed by atoms with Gasteiger partial charge in [-0.25, -0.2) is 9.78 Å². The number of hydrogen-bond donors (Lipinski definition) is 3. The minimum absolute atomic E-state index is 0.248. The van der Waals surface area contributed by atoms with Gasteiger partial charge in [0.15, 0.2) is 0 Å². The topological polar surface area (TPSA) is 102 Å². The van der Waals surface area contributed by atoms with Crippen molar-refractivity contribution in [3.8, 4) is 0 Å². The molecule has 1 unspecified atom stereocenters. The van der Waals surface area contributed by atoms with Crippen LogP contribution in [0.25, 0.3) is 0 Å². The number of aromatic nitrogens is 2. The van der Waals surface area contributed by atoms with Crippen molar-refractivity contribution >= 4 is 11.9 Å². The molecular formula is C18H23N5O2. The lowest BCUT2D eigenvalue weighted by atomic mass is 9.97. The Hall–Kier alpha value is -2.83. The van der Waals surface area contributed by atoms with E-state index in [-0.39, 0.29) is 12.1 Å². The smallest absolute Gasteiger partial charge is 0.316 e. The molecule has 0 bridgehead atoms. The molecule has 0 radical (unpaired) electrons. The van der Waals surface area contributed by atoms with Gasteiger partial charge in [0.05, 0.1) is 12.4 Å². The molecule has 1 heterocycles. The molecule has 0 spiro atoms. The van der Waals surface area contributed by atoms with Crippen molar-refractivity contribution < 1.29 is 9.59 Å². The summed E-state index contributed by atoms with van der Waals surface area (Å²) in [6, 6.07) is 9.08. The maximum atomic E-state index is 12.6. The Morgan fingerprint density at radius 3 is 2.56 bits per heavy atom. The van der Waals surface area contributed by atoms with Crippen LogP contribution in [0.5, 0.6) is 0 Å². The number of urea groups is 1. The number of nitrogens with one attached hydrogen (secondary N) is 2. The molecule has 1 aliphatic carbocycles. The minimum Gasteiger partial charge on any atom is -0.368 e. The average Bonchev–Trinajstić information content (AvgIpc) is 3.27. The fourth-order valence-electron chi connectivity index (χ4n) is 3.35. The molecule has 1 atom stereocenters. The highest BCUT2D eigenvalue weighted by Gasteiger charge is 2.41. The van der Waals surface area contributed by atoms with Gasteiger partial charge in [0, 0.05) is 18.9 Å². The molecule has 1 aromatic heterocycles. The summed E-state index contributed by atoms with van der Waals surface area (Å²) in [5.41, 5.74) is 5.59. The maximum Gasteiger partial charge on any atom is 0.316 e. The Balaban J connectivity index is 1.73. The first kappa shape index (κ1) is 17.0. The van der Waals surface area contributed by atoms with E-state index in [2.05, 4.69) is 15.6 Å². The Morgan fingerprint density at radius 1 is 1.24 bits per heavy atom. The number of carbonyl (C=O) groups excluding carboxylic acids is 2. The number of nitrogens with zero attached hydrogens (tertiary/aromatic N) is 2. The summed E-state index contributed by atoms with van der Waals surface area (Å²) in [5.74, 6) is -0.467. The second kappa shape index (κ2) is 7.38. The Kier molecular flexibility index (Phi) is 5.02. The number of benzene rings is 1. The number of rotatable bonds is 6. The number of carbonyl (C=O) groups is 2. The van der Waals surface area contributed by atoms with Gasteiger partial charge < -0.3 is 20.9 Å². The molecule has 1 aromatic carbocycles. The van der Waals surface area contributed by atoms with E-state index in [9.17, 15) is 9.59 Å². The number of nitrogens with two attached hydrogens (primary N) is 1. The molecule has 132 valence electrons. The van der Waals surface area contributed by atoms with E-state index in [1.165, 1.54) is 0 Å². The third-order valence-electron chi connectivity index (χ3n) is 4.74. The van der Waals surface area contributed by atoms with Crippen molar-refractivity contribution in [3.05, 3.63) is 54.6 Å². The van der Waals surface area contributed by atoms with Gasteiger partial charge in [-0.1, -0.05) is 43.2 Å². The Labute approximate surface area is 146 Å². The predicted octanol–water partition coefficient (Wildman–Crippen LogP) is 1.72. The zero-order chi connectivity index (χ0) is 17.7. The van der Waals surface area contributed by atoms with Crippen LogP contribution >= 0.6 is 0 Å². The van der Waals surface area contributed by atoms with E-state index in [1.807, 2.05) is 41.1 Å². The first-order valence-corrected chi connectivity index (χ1v) is 8.48. The van der Waals surface area contributed by atoms with Crippen LogP contribution in [0.15, 0.2) is 49.1 Å². The summed E-state index contributed by atoms with van der Waals surface area (Å²) < 4.78 is 1.90. The third kappa shape index (κ3) is 3.99. The zero-order valence-electron chi connectivity index (χ0n) is 14.0. The summed E-state index contributed by atoms with van der Waals surface area (Å²) in [5, 5.41) is 5.79. The zero-order valence-corrected chi connectivity index (χ0v) is 14.0. The summed E-state index contributed by atoms with van der Waals surface area (Å²) in [7, 11) is 0. The van der Waals surface area contributed by atoms with Gasteiger partial charge in [-0.3, -0.25) is 4.79 Å². The third-order valence-corrected chi connectivity index (χ3v) is 4.74. The van der Waals surface area contributed by atoms with Crippen LogP contribution in [0, 0.1) is 0 Å². The van der Waals surface area contributed by atoms with Crippen molar-refractivity contribution in [1.82, 2.24) is 20.2 Å². The molecule has 3 amide bonds. The molecule has 25 heavy (non-hydrogen) atoms. The van der Waals surface area contributed by atoms with E-state index < -0.39 is 11.4 Å². The van der Waals surface area contributed by atoms with E-state index >= 15 is 0 Å². The molecule has 7 heteroatoms. The highest BCUT2D eigenvalue weighted by Crippen LogP contribution is 2.29. The van der Waals surface area contributed by atoms with E-state index in [0.717, 1.165) is 18.4 Å². The molecule has 0 aliphatic heterocycles. The molecule has 0 saturated heterocycles. The minimum atomic E-state index is -0.930. The van der Waals surface area contributed by atoms with Crippen LogP contribution in [0.1, 0.15) is 37.3 Å². The van der Waals surface area contributed by atoms with E-state index in [4.69, 9.17) is 5.73 Å². The second-order valence-electron chi connectivity index (χ2n) is 6.47. The molecule has 4 N–H and O–H groups in total. The number of primary amides is 1. The Bertz CT molecular complexity index is 708. The van der Waals surface area contributed by atoms with Crippen LogP contribution < -0.4 is 16.4 Å². The summed E-state index contributed by atoms with van der Waals surface area (Å²) >= 11 is 0. The SMILES string of the molecule is NC(=O)C1(NC(=O)NC(Cn2ccnc2)c2ccccc2)CCCC1. The van der Waals surface area contributed by atoms with Crippen molar-refractivity contribution in [1.29, 1.82) is 0 Å². The van der Waals surface area contributed by atoms with Crippen molar-refractivity contribution in [3.63, 3.8) is 0 Å². The van der Waals surface area contributed by atoms with Gasteiger partial charge in [0.25, 0.3) is 0 Å². The molecule has 2 aromatic rings.